The van der Waals surface area contributed by atoms with Crippen molar-refractivity contribution >= 4 is 87.4 Å². The van der Waals surface area contributed by atoms with E-state index < -0.39 is 0 Å². The van der Waals surface area contributed by atoms with Gasteiger partial charge in [-0.1, -0.05) is 121 Å². The Kier molecular flexibility index (Phi) is 7.59. The summed E-state index contributed by atoms with van der Waals surface area (Å²) in [6, 6.07) is 71.3. The molecule has 8 nitrogen and oxygen atoms in total. The second-order valence-corrected chi connectivity index (χ2v) is 16.7. The van der Waals surface area contributed by atoms with Crippen LogP contribution in [0, 0.1) is 11.3 Å². The Morgan fingerprint density at radius 1 is 0.394 bits per heavy atom. The Morgan fingerprint density at radius 2 is 0.955 bits per heavy atom. The first-order chi connectivity index (χ1) is 32.7. The second kappa shape index (κ2) is 13.8. The van der Waals surface area contributed by atoms with Gasteiger partial charge in [-0.3, -0.25) is 4.57 Å². The average molecular weight is 844 g/mol. The van der Waals surface area contributed by atoms with Crippen LogP contribution in [0.25, 0.3) is 127 Å². The SMILES string of the molecule is N#Cc1cc(-c2nc(-c3ccccc3)nc(-n3c4ccccc4c4ccccc43)n2)ccc1-n1c2ccccc2c2cc3c(cc21)oc1ccc2c4ccccc4n(-c4ccccc4)c2c13. The summed E-state index contributed by atoms with van der Waals surface area (Å²) in [5.74, 6) is 1.51. The fourth-order valence-electron chi connectivity index (χ4n) is 10.3. The monoisotopic (exact) mass is 843 g/mol. The summed E-state index contributed by atoms with van der Waals surface area (Å²) in [5.41, 5.74) is 11.6. The highest BCUT2D eigenvalue weighted by Gasteiger charge is 2.23. The van der Waals surface area contributed by atoms with Crippen LogP contribution in [-0.4, -0.2) is 28.7 Å². The number of nitriles is 1. The largest absolute Gasteiger partial charge is 0.456 e. The van der Waals surface area contributed by atoms with E-state index in [1.807, 2.05) is 66.7 Å². The minimum atomic E-state index is 0.467. The minimum Gasteiger partial charge on any atom is -0.456 e. The van der Waals surface area contributed by atoms with Crippen LogP contribution in [0.4, 0.5) is 0 Å². The van der Waals surface area contributed by atoms with Gasteiger partial charge in [-0.05, 0) is 72.8 Å². The first-order valence-corrected chi connectivity index (χ1v) is 21.9. The van der Waals surface area contributed by atoms with Crippen LogP contribution < -0.4 is 0 Å². The summed E-state index contributed by atoms with van der Waals surface area (Å²) in [6.45, 7) is 0. The van der Waals surface area contributed by atoms with Crippen LogP contribution in [0.15, 0.2) is 205 Å². The van der Waals surface area contributed by atoms with E-state index in [4.69, 9.17) is 19.4 Å². The molecule has 0 unspecified atom stereocenters. The molecule has 9 aromatic carbocycles. The third kappa shape index (κ3) is 5.16. The highest BCUT2D eigenvalue weighted by Crippen LogP contribution is 2.44. The number of benzene rings is 9. The fourth-order valence-corrected chi connectivity index (χ4v) is 10.3. The van der Waals surface area contributed by atoms with Gasteiger partial charge in [-0.25, -0.2) is 4.98 Å². The highest BCUT2D eigenvalue weighted by molar-refractivity contribution is 6.27. The molecule has 0 saturated carbocycles. The number of aromatic nitrogens is 6. The van der Waals surface area contributed by atoms with E-state index in [-0.39, 0.29) is 0 Å². The van der Waals surface area contributed by atoms with Crippen molar-refractivity contribution < 1.29 is 4.42 Å². The van der Waals surface area contributed by atoms with Crippen LogP contribution in [0.5, 0.6) is 0 Å². The first kappa shape index (κ1) is 36.2. The molecular formula is C58H33N7O. The van der Waals surface area contributed by atoms with Crippen molar-refractivity contribution in [3.63, 3.8) is 0 Å². The van der Waals surface area contributed by atoms with Crippen LogP contribution in [-0.2, 0) is 0 Å². The summed E-state index contributed by atoms with van der Waals surface area (Å²) in [7, 11) is 0. The molecule has 0 aliphatic carbocycles. The van der Waals surface area contributed by atoms with E-state index in [0.29, 0.717) is 28.7 Å². The maximum absolute atomic E-state index is 11.0. The highest BCUT2D eigenvalue weighted by atomic mass is 16.3. The molecule has 8 heteroatoms. The van der Waals surface area contributed by atoms with Gasteiger partial charge in [0.15, 0.2) is 11.6 Å². The molecule has 14 aromatic rings. The summed E-state index contributed by atoms with van der Waals surface area (Å²) in [5, 5.41) is 19.8. The van der Waals surface area contributed by atoms with Gasteiger partial charge in [0.2, 0.25) is 5.95 Å². The molecule has 5 heterocycles. The molecule has 14 rings (SSSR count). The quantitative estimate of drug-likeness (QED) is 0.172. The van der Waals surface area contributed by atoms with Crippen LogP contribution >= 0.6 is 0 Å². The molecule has 0 atom stereocenters. The molecular weight excluding hydrogens is 811 g/mol. The molecule has 0 N–H and O–H groups in total. The van der Waals surface area contributed by atoms with E-state index in [0.717, 1.165) is 93.5 Å². The lowest BCUT2D eigenvalue weighted by atomic mass is 10.1. The van der Waals surface area contributed by atoms with Gasteiger partial charge in [0.05, 0.1) is 49.7 Å². The van der Waals surface area contributed by atoms with Crippen molar-refractivity contribution in [3.8, 4) is 46.2 Å². The number of nitrogens with zero attached hydrogens (tertiary/aromatic N) is 7. The Bertz CT molecular complexity index is 4310. The molecule has 66 heavy (non-hydrogen) atoms. The van der Waals surface area contributed by atoms with E-state index in [1.165, 1.54) is 10.8 Å². The van der Waals surface area contributed by atoms with Gasteiger partial charge < -0.3 is 13.6 Å². The first-order valence-electron chi connectivity index (χ1n) is 21.9. The van der Waals surface area contributed by atoms with Gasteiger partial charge in [0, 0.05) is 60.6 Å². The van der Waals surface area contributed by atoms with Crippen molar-refractivity contribution in [1.29, 1.82) is 5.26 Å². The second-order valence-electron chi connectivity index (χ2n) is 16.7. The van der Waals surface area contributed by atoms with Gasteiger partial charge in [0.1, 0.15) is 17.2 Å². The van der Waals surface area contributed by atoms with E-state index >= 15 is 0 Å². The number of para-hydroxylation sites is 5. The third-order valence-electron chi connectivity index (χ3n) is 13.1. The lowest BCUT2D eigenvalue weighted by Crippen LogP contribution is -2.06. The maximum Gasteiger partial charge on any atom is 0.238 e. The topological polar surface area (TPSA) is 90.4 Å². The Morgan fingerprint density at radius 3 is 1.62 bits per heavy atom. The summed E-state index contributed by atoms with van der Waals surface area (Å²) >= 11 is 0. The van der Waals surface area contributed by atoms with E-state index in [9.17, 15) is 5.26 Å². The summed E-state index contributed by atoms with van der Waals surface area (Å²) < 4.78 is 13.4. The molecule has 0 saturated heterocycles. The minimum absolute atomic E-state index is 0.467. The van der Waals surface area contributed by atoms with Crippen LogP contribution in [0.2, 0.25) is 0 Å². The van der Waals surface area contributed by atoms with Crippen molar-refractivity contribution in [3.05, 3.63) is 206 Å². The van der Waals surface area contributed by atoms with Crippen LogP contribution in [0.3, 0.4) is 0 Å². The predicted octanol–water partition coefficient (Wildman–Crippen LogP) is 14.3. The number of hydrogen-bond acceptors (Lipinski definition) is 5. The Labute approximate surface area is 376 Å². The summed E-state index contributed by atoms with van der Waals surface area (Å²) in [4.78, 5) is 15.3. The zero-order valence-electron chi connectivity index (χ0n) is 35.1. The molecule has 0 fully saturated rings. The smallest absolute Gasteiger partial charge is 0.238 e. The van der Waals surface area contributed by atoms with E-state index in [2.05, 4.69) is 153 Å². The zero-order valence-corrected chi connectivity index (χ0v) is 35.1. The number of rotatable bonds is 5. The predicted molar refractivity (Wildman–Crippen MR) is 266 cm³/mol. The normalized spacial score (nSPS) is 11.9. The molecule has 0 amide bonds. The van der Waals surface area contributed by atoms with Gasteiger partial charge >= 0.3 is 0 Å². The van der Waals surface area contributed by atoms with Gasteiger partial charge in [-0.15, -0.1) is 0 Å². The summed E-state index contributed by atoms with van der Waals surface area (Å²) in [6.07, 6.45) is 0. The molecule has 0 spiro atoms. The number of hydrogen-bond donors (Lipinski definition) is 0. The Hall–Kier alpha value is -9.32. The molecule has 0 bridgehead atoms. The average Bonchev–Trinajstić information content (AvgIpc) is 4.12. The van der Waals surface area contributed by atoms with Crippen LogP contribution in [0.1, 0.15) is 5.56 Å². The zero-order chi connectivity index (χ0) is 43.5. The lowest BCUT2D eigenvalue weighted by molar-refractivity contribution is 0.669. The Balaban J connectivity index is 0.983. The third-order valence-corrected chi connectivity index (χ3v) is 13.1. The van der Waals surface area contributed by atoms with Crippen molar-refractivity contribution in [1.82, 2.24) is 28.7 Å². The molecule has 0 radical (unpaired) electrons. The lowest BCUT2D eigenvalue weighted by Gasteiger charge is -2.13. The maximum atomic E-state index is 11.0. The standard InChI is InChI=1S/C58H33N7O/c59-34-37-31-36(57-60-56(35-15-3-1-4-16-35)61-58(62-57)65-49-25-13-7-19-39(49)40-20-8-14-26-50(40)65)27-29-46(37)64-48-24-12-10-22-42(48)44-32-45-53(33-51(44)64)66-52-30-28-43-41-21-9-11-23-47(41)63(55(43)54(45)52)38-17-5-2-6-18-38/h1-33H. The molecule has 0 aliphatic rings. The molecule has 306 valence electrons. The van der Waals surface area contributed by atoms with Crippen molar-refractivity contribution in [2.75, 3.05) is 0 Å². The molecule has 0 aliphatic heterocycles. The van der Waals surface area contributed by atoms with E-state index in [1.54, 1.807) is 0 Å². The number of fused-ring (bicyclic) bond motifs is 13. The number of furan rings is 1. The van der Waals surface area contributed by atoms with Gasteiger partial charge in [0.25, 0.3) is 0 Å². The molecule has 5 aromatic heterocycles. The van der Waals surface area contributed by atoms with Crippen molar-refractivity contribution in [2.45, 2.75) is 0 Å². The van der Waals surface area contributed by atoms with Crippen molar-refractivity contribution in [2.24, 2.45) is 0 Å². The van der Waals surface area contributed by atoms with Gasteiger partial charge in [-0.2, -0.15) is 15.2 Å². The fraction of sp³-hybridized carbons (Fsp3) is 0.